The first-order valence-corrected chi connectivity index (χ1v) is 8.20. The molecule has 0 rings (SSSR count). The summed E-state index contributed by atoms with van der Waals surface area (Å²) in [4.78, 5) is 34.0. The zero-order valence-corrected chi connectivity index (χ0v) is 14.5. The highest BCUT2D eigenvalue weighted by molar-refractivity contribution is 5.73. The average molecular weight is 331 g/mol. The summed E-state index contributed by atoms with van der Waals surface area (Å²) < 4.78 is 9.65. The van der Waals surface area contributed by atoms with Crippen LogP contribution in [0.1, 0.15) is 59.8 Å². The van der Waals surface area contributed by atoms with Crippen LogP contribution in [-0.2, 0) is 19.1 Å². The second-order valence-corrected chi connectivity index (χ2v) is 5.53. The van der Waals surface area contributed by atoms with Crippen molar-refractivity contribution in [2.75, 3.05) is 6.54 Å². The van der Waals surface area contributed by atoms with Gasteiger partial charge in [0.05, 0.1) is 5.92 Å². The number of carbonyl (C=O) groups is 3. The van der Waals surface area contributed by atoms with Gasteiger partial charge in [0.1, 0.15) is 0 Å². The van der Waals surface area contributed by atoms with Gasteiger partial charge in [0.2, 0.25) is 6.29 Å². The molecule has 0 aromatic carbocycles. The molecule has 0 aromatic heterocycles. The third kappa shape index (κ3) is 9.76. The molecule has 0 aliphatic carbocycles. The van der Waals surface area contributed by atoms with E-state index < -0.39 is 30.2 Å². The van der Waals surface area contributed by atoms with Gasteiger partial charge in [-0.25, -0.2) is 4.79 Å². The van der Waals surface area contributed by atoms with E-state index in [1.807, 2.05) is 6.92 Å². The monoisotopic (exact) mass is 331 g/mol. The quantitative estimate of drug-likeness (QED) is 0.446. The summed E-state index contributed by atoms with van der Waals surface area (Å²) in [6.07, 6.45) is 1.78. The van der Waals surface area contributed by atoms with Gasteiger partial charge in [0, 0.05) is 19.9 Å². The van der Waals surface area contributed by atoms with E-state index in [-0.39, 0.29) is 13.0 Å². The topological polar surface area (TPSA) is 102 Å². The number of carboxylic acids is 1. The van der Waals surface area contributed by atoms with Crippen LogP contribution < -0.4 is 5.32 Å². The lowest BCUT2D eigenvalue weighted by atomic mass is 9.89. The Morgan fingerprint density at radius 1 is 1.13 bits per heavy atom. The molecule has 0 spiro atoms. The third-order valence-corrected chi connectivity index (χ3v) is 3.59. The van der Waals surface area contributed by atoms with E-state index in [1.165, 1.54) is 6.92 Å². The number of hydrogen-bond donors (Lipinski definition) is 2. The Morgan fingerprint density at radius 3 is 2.26 bits per heavy atom. The molecule has 0 aromatic rings. The van der Waals surface area contributed by atoms with Gasteiger partial charge >= 0.3 is 18.0 Å². The van der Waals surface area contributed by atoms with E-state index in [9.17, 15) is 19.5 Å². The van der Waals surface area contributed by atoms with Crippen LogP contribution in [-0.4, -0.2) is 36.0 Å². The Labute approximate surface area is 137 Å². The van der Waals surface area contributed by atoms with Crippen molar-refractivity contribution in [2.45, 2.75) is 66.1 Å². The van der Waals surface area contributed by atoms with Gasteiger partial charge in [-0.15, -0.1) is 0 Å². The smallest absolute Gasteiger partial charge is 0.410 e. The van der Waals surface area contributed by atoms with Crippen molar-refractivity contribution < 1.29 is 29.0 Å². The van der Waals surface area contributed by atoms with Crippen LogP contribution in [0.5, 0.6) is 0 Å². The molecule has 3 atom stereocenters. The van der Waals surface area contributed by atoms with Crippen LogP contribution >= 0.6 is 0 Å². The van der Waals surface area contributed by atoms with E-state index in [0.29, 0.717) is 12.3 Å². The number of amides is 1. The molecule has 1 unspecified atom stereocenters. The van der Waals surface area contributed by atoms with Crippen molar-refractivity contribution in [1.82, 2.24) is 5.32 Å². The van der Waals surface area contributed by atoms with Crippen LogP contribution in [0.25, 0.3) is 0 Å². The van der Waals surface area contributed by atoms with Gasteiger partial charge in [-0.3, -0.25) is 9.59 Å². The molecule has 0 bridgehead atoms. The first kappa shape index (κ1) is 21.2. The van der Waals surface area contributed by atoms with Crippen LogP contribution in [0, 0.1) is 11.8 Å². The Hall–Kier alpha value is -1.79. The van der Waals surface area contributed by atoms with Gasteiger partial charge < -0.3 is 19.9 Å². The third-order valence-electron chi connectivity index (χ3n) is 3.59. The van der Waals surface area contributed by atoms with Gasteiger partial charge in [-0.05, 0) is 12.3 Å². The molecule has 134 valence electrons. The molecule has 0 radical (unpaired) electrons. The second-order valence-electron chi connectivity index (χ2n) is 5.53. The lowest BCUT2D eigenvalue weighted by Crippen LogP contribution is -2.36. The van der Waals surface area contributed by atoms with Crippen molar-refractivity contribution in [3.05, 3.63) is 0 Å². The Balaban J connectivity index is 4.32. The maximum atomic E-state index is 11.6. The zero-order chi connectivity index (χ0) is 17.8. The fourth-order valence-electron chi connectivity index (χ4n) is 2.26. The average Bonchev–Trinajstić information content (AvgIpc) is 2.49. The van der Waals surface area contributed by atoms with Crippen molar-refractivity contribution in [3.63, 3.8) is 0 Å². The summed E-state index contributed by atoms with van der Waals surface area (Å²) in [7, 11) is 0. The zero-order valence-electron chi connectivity index (χ0n) is 14.5. The standard InChI is InChI=1S/C16H29NO6/c1-5-8-12(6-2)9-13(15(19)20)10-17-16(21)23-11(4)22-14(18)7-3/h11-13H,5-10H2,1-4H3,(H,17,21)(H,19,20)/t11-,12+,13?/m0/s1. The number of rotatable bonds is 11. The van der Waals surface area contributed by atoms with E-state index in [4.69, 9.17) is 9.47 Å². The number of aliphatic carboxylic acids is 1. The van der Waals surface area contributed by atoms with Crippen LogP contribution in [0.4, 0.5) is 4.79 Å². The van der Waals surface area contributed by atoms with Gasteiger partial charge in [0.15, 0.2) is 0 Å². The predicted molar refractivity (Wildman–Crippen MR) is 84.8 cm³/mol. The van der Waals surface area contributed by atoms with Crippen molar-refractivity contribution >= 4 is 18.0 Å². The lowest BCUT2D eigenvalue weighted by molar-refractivity contribution is -0.164. The van der Waals surface area contributed by atoms with Crippen LogP contribution in [0.15, 0.2) is 0 Å². The number of esters is 1. The lowest BCUT2D eigenvalue weighted by Gasteiger charge is -2.20. The molecule has 1 amide bonds. The van der Waals surface area contributed by atoms with Crippen molar-refractivity contribution in [2.24, 2.45) is 11.8 Å². The van der Waals surface area contributed by atoms with Crippen molar-refractivity contribution in [1.29, 1.82) is 0 Å². The Kier molecular flexibility index (Phi) is 10.8. The van der Waals surface area contributed by atoms with Crippen LogP contribution in [0.3, 0.4) is 0 Å². The normalized spacial score (nSPS) is 14.4. The molecule has 7 nitrogen and oxygen atoms in total. The van der Waals surface area contributed by atoms with Crippen LogP contribution in [0.2, 0.25) is 0 Å². The molecule has 0 aliphatic rings. The number of ether oxygens (including phenoxy) is 2. The maximum absolute atomic E-state index is 11.6. The van der Waals surface area contributed by atoms with E-state index in [1.54, 1.807) is 6.92 Å². The minimum Gasteiger partial charge on any atom is -0.481 e. The molecule has 0 saturated heterocycles. The fraction of sp³-hybridized carbons (Fsp3) is 0.812. The summed E-state index contributed by atoms with van der Waals surface area (Å²) in [5.41, 5.74) is 0. The number of carboxylic acid groups (broad SMARTS) is 1. The molecule has 0 heterocycles. The minimum absolute atomic E-state index is 0.0111. The number of alkyl carbamates (subject to hydrolysis) is 1. The molecular formula is C16H29NO6. The van der Waals surface area contributed by atoms with E-state index in [0.717, 1.165) is 19.3 Å². The van der Waals surface area contributed by atoms with Gasteiger partial charge in [0.25, 0.3) is 0 Å². The second kappa shape index (κ2) is 11.7. The summed E-state index contributed by atoms with van der Waals surface area (Å²) >= 11 is 0. The molecule has 2 N–H and O–H groups in total. The molecule has 0 saturated carbocycles. The highest BCUT2D eigenvalue weighted by Crippen LogP contribution is 2.20. The highest BCUT2D eigenvalue weighted by Gasteiger charge is 2.23. The summed E-state index contributed by atoms with van der Waals surface area (Å²) in [5, 5.41) is 11.7. The Morgan fingerprint density at radius 2 is 1.78 bits per heavy atom. The number of carbonyl (C=O) groups excluding carboxylic acids is 2. The van der Waals surface area contributed by atoms with Gasteiger partial charge in [-0.1, -0.05) is 40.0 Å². The Bertz CT molecular complexity index is 385. The maximum Gasteiger partial charge on any atom is 0.410 e. The summed E-state index contributed by atoms with van der Waals surface area (Å²) in [5.74, 6) is -1.75. The fourth-order valence-corrected chi connectivity index (χ4v) is 2.26. The molecule has 0 aliphatic heterocycles. The number of nitrogens with one attached hydrogen (secondary N) is 1. The summed E-state index contributed by atoms with van der Waals surface area (Å²) in [6.45, 7) is 7.14. The SMILES string of the molecule is CCC[C@@H](CC)CC(CNC(=O)O[C@@H](C)OC(=O)CC)C(=O)O. The molecule has 7 heteroatoms. The first-order valence-electron chi connectivity index (χ1n) is 8.20. The van der Waals surface area contributed by atoms with E-state index >= 15 is 0 Å². The highest BCUT2D eigenvalue weighted by atomic mass is 16.7. The summed E-state index contributed by atoms with van der Waals surface area (Å²) in [6, 6.07) is 0. The molecule has 0 fully saturated rings. The first-order chi connectivity index (χ1) is 10.8. The van der Waals surface area contributed by atoms with Crippen molar-refractivity contribution in [3.8, 4) is 0 Å². The molecular weight excluding hydrogens is 302 g/mol. The van der Waals surface area contributed by atoms with Gasteiger partial charge in [-0.2, -0.15) is 0 Å². The minimum atomic E-state index is -1.01. The number of hydrogen-bond acceptors (Lipinski definition) is 5. The predicted octanol–water partition coefficient (Wildman–Crippen LogP) is 2.93. The largest absolute Gasteiger partial charge is 0.481 e. The van der Waals surface area contributed by atoms with E-state index in [2.05, 4.69) is 12.2 Å². The molecule has 23 heavy (non-hydrogen) atoms.